The normalized spacial score (nSPS) is 21.4. The summed E-state index contributed by atoms with van der Waals surface area (Å²) in [5.74, 6) is -4.87. The fourth-order valence-electron chi connectivity index (χ4n) is 5.56. The number of fused-ring (bicyclic) bond motifs is 2. The lowest BCUT2D eigenvalue weighted by Gasteiger charge is -2.40. The fourth-order valence-corrected chi connectivity index (χ4v) is 6.07. The van der Waals surface area contributed by atoms with E-state index in [-0.39, 0.29) is 36.5 Å². The molecule has 0 spiro atoms. The Balaban J connectivity index is 2.07. The monoisotopic (exact) mass is 537 g/mol. The number of benzene rings is 1. The molecule has 3 atom stereocenters. The van der Waals surface area contributed by atoms with Crippen LogP contribution in [0.3, 0.4) is 0 Å². The van der Waals surface area contributed by atoms with E-state index in [0.29, 0.717) is 36.8 Å². The van der Waals surface area contributed by atoms with Crippen LogP contribution < -0.4 is 15.4 Å². The molecule has 1 saturated carbocycles. The lowest BCUT2D eigenvalue weighted by Crippen LogP contribution is -2.43. The molecule has 0 aromatic heterocycles. The molecule has 0 radical (unpaired) electrons. The number of carbonyl (C=O) groups is 3. The van der Waals surface area contributed by atoms with Crippen molar-refractivity contribution in [2.75, 3.05) is 38.4 Å². The molecule has 1 aromatic carbocycles. The van der Waals surface area contributed by atoms with Crippen molar-refractivity contribution in [3.63, 3.8) is 0 Å². The molecular weight excluding hydrogens is 502 g/mol. The number of aliphatic hydroxyl groups is 2. The first-order chi connectivity index (χ1) is 17.3. The Bertz CT molecular complexity index is 1240. The van der Waals surface area contributed by atoms with Gasteiger partial charge < -0.3 is 26.0 Å². The summed E-state index contributed by atoms with van der Waals surface area (Å²) < 4.78 is 25.1. The quantitative estimate of drug-likeness (QED) is 0.197. The molecule has 0 bridgehead atoms. The van der Waals surface area contributed by atoms with Crippen LogP contribution in [0.1, 0.15) is 42.4 Å². The van der Waals surface area contributed by atoms with E-state index in [4.69, 9.17) is 5.73 Å². The highest BCUT2D eigenvalue weighted by Crippen LogP contribution is 2.50. The van der Waals surface area contributed by atoms with E-state index in [0.717, 1.165) is 11.9 Å². The van der Waals surface area contributed by atoms with Crippen LogP contribution >= 0.6 is 0 Å². The van der Waals surface area contributed by atoms with Gasteiger partial charge in [0, 0.05) is 38.5 Å². The second-order valence-corrected chi connectivity index (χ2v) is 11.9. The maximum absolute atomic E-state index is 13.6. The van der Waals surface area contributed by atoms with Crippen molar-refractivity contribution in [3.05, 3.63) is 28.3 Å². The van der Waals surface area contributed by atoms with Gasteiger partial charge in [-0.2, -0.15) is 0 Å². The number of aryl methyl sites for hydroxylation is 1. The number of phenols is 1. The van der Waals surface area contributed by atoms with Crippen LogP contribution in [0, 0.1) is 17.8 Å². The number of carbonyl (C=O) groups excluding carboxylic acids is 3. The van der Waals surface area contributed by atoms with Crippen molar-refractivity contribution in [2.24, 2.45) is 23.5 Å². The number of phenolic OH excluding ortho intramolecular Hbond substituents is 1. The summed E-state index contributed by atoms with van der Waals surface area (Å²) in [7, 11) is 0.274. The van der Waals surface area contributed by atoms with Crippen molar-refractivity contribution in [1.29, 1.82) is 0 Å². The van der Waals surface area contributed by atoms with Crippen molar-refractivity contribution in [3.8, 4) is 5.75 Å². The highest BCUT2D eigenvalue weighted by atomic mass is 32.2. The van der Waals surface area contributed by atoms with Gasteiger partial charge in [0.1, 0.15) is 11.5 Å². The Labute approximate surface area is 216 Å². The number of Topliss-reactive ketones (excluding diaryl/α,β-unsaturated/α-hetero) is 2. The zero-order valence-corrected chi connectivity index (χ0v) is 22.1. The van der Waals surface area contributed by atoms with Crippen molar-refractivity contribution < 1.29 is 38.1 Å². The minimum Gasteiger partial charge on any atom is -0.507 e. The Hall–Kier alpha value is -2.96. The molecule has 0 saturated heterocycles. The van der Waals surface area contributed by atoms with Crippen molar-refractivity contribution in [1.82, 2.24) is 4.72 Å². The van der Waals surface area contributed by atoms with Crippen LogP contribution in [-0.4, -0.2) is 74.7 Å². The Morgan fingerprint density at radius 3 is 2.49 bits per heavy atom. The van der Waals surface area contributed by atoms with Gasteiger partial charge in [0.25, 0.3) is 0 Å². The topological polar surface area (TPSA) is 187 Å². The molecule has 2 aliphatic rings. The highest BCUT2D eigenvalue weighted by molar-refractivity contribution is 7.88. The van der Waals surface area contributed by atoms with Gasteiger partial charge in [-0.1, -0.05) is 0 Å². The summed E-state index contributed by atoms with van der Waals surface area (Å²) in [4.78, 5) is 39.6. The van der Waals surface area contributed by atoms with Crippen LogP contribution in [0.25, 0.3) is 5.76 Å². The lowest BCUT2D eigenvalue weighted by atomic mass is 9.63. The minimum absolute atomic E-state index is 0.0420. The number of amides is 1. The molecule has 37 heavy (non-hydrogen) atoms. The molecule has 0 aliphatic heterocycles. The second kappa shape index (κ2) is 11.2. The van der Waals surface area contributed by atoms with Crippen molar-refractivity contribution >= 4 is 38.9 Å². The predicted octanol–water partition coefficient (Wildman–Crippen LogP) is 0.414. The van der Waals surface area contributed by atoms with Crippen LogP contribution in [0.5, 0.6) is 5.75 Å². The molecule has 11 nitrogen and oxygen atoms in total. The maximum atomic E-state index is 13.6. The number of nitrogens with two attached hydrogens (primary N) is 1. The summed E-state index contributed by atoms with van der Waals surface area (Å²) >= 11 is 0. The van der Waals surface area contributed by atoms with Gasteiger partial charge in [0.05, 0.1) is 24.2 Å². The molecule has 3 unspecified atom stereocenters. The third-order valence-corrected chi connectivity index (χ3v) is 7.81. The van der Waals surface area contributed by atoms with Crippen LogP contribution in [0.4, 0.5) is 5.69 Å². The Morgan fingerprint density at radius 1 is 1.24 bits per heavy atom. The number of anilines is 1. The number of aromatic hydroxyl groups is 1. The van der Waals surface area contributed by atoms with E-state index >= 15 is 0 Å². The number of hydrogen-bond acceptors (Lipinski definition) is 9. The third-order valence-electron chi connectivity index (χ3n) is 7.08. The zero-order valence-electron chi connectivity index (χ0n) is 21.3. The van der Waals surface area contributed by atoms with E-state index in [1.807, 2.05) is 19.0 Å². The summed E-state index contributed by atoms with van der Waals surface area (Å²) in [6.45, 7) is -0.0793. The number of primary amides is 1. The maximum Gasteiger partial charge on any atom is 0.224 e. The number of allylic oxidation sites excluding steroid dienone is 1. The van der Waals surface area contributed by atoms with Crippen LogP contribution in [0.15, 0.2) is 11.6 Å². The number of sulfonamides is 1. The van der Waals surface area contributed by atoms with E-state index in [9.17, 15) is 38.1 Å². The molecular formula is C25H35N3O8S. The van der Waals surface area contributed by atoms with Gasteiger partial charge in [-0.15, -0.1) is 0 Å². The first kappa shape index (κ1) is 28.6. The van der Waals surface area contributed by atoms with E-state index in [2.05, 4.69) is 4.72 Å². The van der Waals surface area contributed by atoms with Crippen LogP contribution in [-0.2, 0) is 37.2 Å². The number of hydrogen-bond donors (Lipinski definition) is 5. The van der Waals surface area contributed by atoms with Crippen LogP contribution in [0.2, 0.25) is 0 Å². The van der Waals surface area contributed by atoms with Gasteiger partial charge in [-0.25, -0.2) is 13.1 Å². The molecule has 0 heterocycles. The smallest absolute Gasteiger partial charge is 0.224 e. The molecule has 2 aliphatic carbocycles. The lowest BCUT2D eigenvalue weighted by molar-refractivity contribution is -0.137. The molecule has 3 rings (SSSR count). The van der Waals surface area contributed by atoms with E-state index < -0.39 is 57.4 Å². The average molecular weight is 538 g/mol. The largest absolute Gasteiger partial charge is 0.507 e. The Morgan fingerprint density at radius 2 is 1.92 bits per heavy atom. The summed E-state index contributed by atoms with van der Waals surface area (Å²) in [5.41, 5.74) is 7.22. The SMILES string of the molecule is CN(C)c1cc(CCCNS(C)(=O)=O)c(O)c2c1CC1CC(CCO)C(C(=O)CC(N)=O)C(=O)C1=C2O. The van der Waals surface area contributed by atoms with Gasteiger partial charge in [-0.3, -0.25) is 14.4 Å². The van der Waals surface area contributed by atoms with E-state index in [1.165, 1.54) is 0 Å². The highest BCUT2D eigenvalue weighted by Gasteiger charge is 2.48. The average Bonchev–Trinajstić information content (AvgIpc) is 2.76. The molecule has 6 N–H and O–H groups in total. The Kier molecular flexibility index (Phi) is 8.66. The first-order valence-corrected chi connectivity index (χ1v) is 14.0. The number of nitrogens with zero attached hydrogens (tertiary/aromatic N) is 1. The number of aliphatic hydroxyl groups excluding tert-OH is 2. The first-order valence-electron chi connectivity index (χ1n) is 12.2. The zero-order chi connectivity index (χ0) is 27.7. The second-order valence-electron chi connectivity index (χ2n) is 10.0. The minimum atomic E-state index is -3.36. The third kappa shape index (κ3) is 6.13. The summed E-state index contributed by atoms with van der Waals surface area (Å²) in [6, 6.07) is 1.79. The molecule has 204 valence electrons. The fraction of sp³-hybridized carbons (Fsp3) is 0.560. The van der Waals surface area contributed by atoms with Gasteiger partial charge in [0.15, 0.2) is 11.6 Å². The summed E-state index contributed by atoms with van der Waals surface area (Å²) in [5, 5.41) is 32.1. The predicted molar refractivity (Wildman–Crippen MR) is 137 cm³/mol. The molecule has 12 heteroatoms. The standard InChI is InChI=1S/C25H35N3O8S/c1-28(2)17-11-14(5-4-7-27-37(3,35)36)23(32)22-16(17)10-15-9-13(6-8-29)20(18(30)12-19(26)31)24(33)21(15)25(22)34/h11,13,15,20,27,29,32,34H,4-10,12H2,1-3H3,(H2,26,31). The number of ketones is 2. The van der Waals surface area contributed by atoms with Gasteiger partial charge in [0.2, 0.25) is 15.9 Å². The van der Waals surface area contributed by atoms with E-state index in [1.54, 1.807) is 6.07 Å². The molecule has 1 aromatic rings. The van der Waals surface area contributed by atoms with Gasteiger partial charge in [-0.05, 0) is 61.1 Å². The molecule has 1 amide bonds. The van der Waals surface area contributed by atoms with Crippen molar-refractivity contribution in [2.45, 2.75) is 38.5 Å². The molecule has 1 fully saturated rings. The summed E-state index contributed by atoms with van der Waals surface area (Å²) in [6.07, 6.45) is 1.99. The van der Waals surface area contributed by atoms with Gasteiger partial charge >= 0.3 is 0 Å². The number of rotatable bonds is 11. The number of nitrogens with one attached hydrogen (secondary N) is 1.